The second-order valence-corrected chi connectivity index (χ2v) is 0.447. The van der Waals surface area contributed by atoms with Crippen molar-refractivity contribution in [2.45, 2.75) is 0 Å². The van der Waals surface area contributed by atoms with E-state index in [1.807, 2.05) is 0 Å². The Labute approximate surface area is 109 Å². The molecule has 0 aromatic heterocycles. The average molecular weight is 223 g/mol. The summed E-state index contributed by atoms with van der Waals surface area (Å²) in [5.74, 6) is 0. The third-order valence-corrected chi connectivity index (χ3v) is 0. The van der Waals surface area contributed by atoms with Crippen LogP contribution in [0.1, 0.15) is 1.43 Å². The number of hydrogen-bond acceptors (Lipinski definition) is 6. The molecule has 0 aliphatic heterocycles. The molecule has 0 heterocycles. The maximum atomic E-state index is 8.25. The summed E-state index contributed by atoms with van der Waals surface area (Å²) in [6.07, 6.45) is 0. The van der Waals surface area contributed by atoms with Gasteiger partial charge in [-0.25, -0.2) is 0 Å². The summed E-state index contributed by atoms with van der Waals surface area (Å²) in [6.45, 7) is 0. The maximum absolute atomic E-state index is 8.25. The standard InChI is InChI=1S/K.2NO3.Ni.H/c;2*2-1(3)4;;/q+1;2*-1;+2;-1. The van der Waals surface area contributed by atoms with Crippen molar-refractivity contribution >= 4 is 0 Å². The second kappa shape index (κ2) is 16.3. The van der Waals surface area contributed by atoms with E-state index in [2.05, 4.69) is 0 Å². The van der Waals surface area contributed by atoms with Crippen molar-refractivity contribution in [1.29, 1.82) is 0 Å². The molecule has 8 nitrogen and oxygen atoms in total. The van der Waals surface area contributed by atoms with Gasteiger partial charge < -0.3 is 32.1 Å². The second-order valence-electron chi connectivity index (χ2n) is 0.447. The van der Waals surface area contributed by atoms with Crippen molar-refractivity contribution in [2.75, 3.05) is 0 Å². The summed E-state index contributed by atoms with van der Waals surface area (Å²) in [7, 11) is 0. The normalized spacial score (nSPS) is 4.80. The smallest absolute Gasteiger partial charge is 1.00 e. The Hall–Kier alpha value is 0.530. The summed E-state index contributed by atoms with van der Waals surface area (Å²) in [5, 5.41) is 29.5. The van der Waals surface area contributed by atoms with E-state index < -0.39 is 10.2 Å². The summed E-state index contributed by atoms with van der Waals surface area (Å²) < 4.78 is 0. The van der Waals surface area contributed by atoms with Gasteiger partial charge in [-0.3, -0.25) is 0 Å². The van der Waals surface area contributed by atoms with Gasteiger partial charge in [0.05, 0.1) is 10.2 Å². The first-order chi connectivity index (χ1) is 3.46. The molecule has 0 unspecified atom stereocenters. The van der Waals surface area contributed by atoms with Crippen LogP contribution < -0.4 is 51.4 Å². The zero-order valence-corrected chi connectivity index (χ0v) is 8.77. The Morgan fingerprint density at radius 1 is 0.900 bits per heavy atom. The van der Waals surface area contributed by atoms with Gasteiger partial charge in [-0.2, -0.15) is 0 Å². The number of hydrogen-bond donors (Lipinski definition) is 0. The Morgan fingerprint density at radius 2 is 0.900 bits per heavy atom. The molecule has 0 radical (unpaired) electrons. The van der Waals surface area contributed by atoms with Crippen LogP contribution in [0, 0.1) is 30.6 Å². The van der Waals surface area contributed by atoms with Gasteiger partial charge in [0.25, 0.3) is 0 Å². The maximum Gasteiger partial charge on any atom is 2.00 e. The van der Waals surface area contributed by atoms with Crippen molar-refractivity contribution in [1.82, 2.24) is 0 Å². The first kappa shape index (κ1) is 22.4. The summed E-state index contributed by atoms with van der Waals surface area (Å²) in [5.41, 5.74) is 0. The molecule has 0 atom stereocenters. The predicted molar refractivity (Wildman–Crippen MR) is 21.8 cm³/mol. The van der Waals surface area contributed by atoms with E-state index >= 15 is 0 Å². The molecule has 0 fully saturated rings. The van der Waals surface area contributed by atoms with Crippen LogP contribution in [0.5, 0.6) is 0 Å². The molecule has 10 heteroatoms. The Bertz CT molecular complexity index is 78.6. The Morgan fingerprint density at radius 3 is 0.900 bits per heavy atom. The molecule has 0 saturated carbocycles. The fourth-order valence-corrected chi connectivity index (χ4v) is 0. The van der Waals surface area contributed by atoms with Crippen molar-refractivity contribution in [3.05, 3.63) is 30.6 Å². The third-order valence-electron chi connectivity index (χ3n) is 0. The molecule has 10 heavy (non-hydrogen) atoms. The van der Waals surface area contributed by atoms with E-state index in [-0.39, 0.29) is 69.3 Å². The van der Waals surface area contributed by atoms with Crippen LogP contribution in [0.2, 0.25) is 0 Å². The fraction of sp³-hybridized carbons (Fsp3) is 0. The molecule has 0 aromatic carbocycles. The van der Waals surface area contributed by atoms with Gasteiger partial charge in [0.1, 0.15) is 0 Å². The van der Waals surface area contributed by atoms with E-state index in [1.54, 1.807) is 0 Å². The SMILES string of the molecule is O=[N+]([O-])[O-].O=[N+]([O-])[O-].[H-].[K+].[Ni+2]. The van der Waals surface area contributed by atoms with Crippen LogP contribution in [0.4, 0.5) is 0 Å². The average Bonchev–Trinajstić information content (AvgIpc) is 1.25. The fourth-order valence-electron chi connectivity index (χ4n) is 0. The summed E-state index contributed by atoms with van der Waals surface area (Å²) in [4.78, 5) is 16.5. The molecule has 0 saturated heterocycles. The van der Waals surface area contributed by atoms with E-state index in [1.165, 1.54) is 0 Å². The van der Waals surface area contributed by atoms with E-state index in [9.17, 15) is 0 Å². The minimum Gasteiger partial charge on any atom is -1.00 e. The molecule has 0 rings (SSSR count). The zero-order chi connectivity index (χ0) is 7.15. The molecule has 0 aliphatic rings. The Balaban J connectivity index is -0.0000000171. The van der Waals surface area contributed by atoms with Gasteiger partial charge in [0, 0.05) is 0 Å². The van der Waals surface area contributed by atoms with Gasteiger partial charge in [-0.05, 0) is 0 Å². The number of rotatable bonds is 0. The minimum absolute atomic E-state index is 0. The Kier molecular flexibility index (Phi) is 36.5. The van der Waals surface area contributed by atoms with Crippen molar-refractivity contribution in [3.63, 3.8) is 0 Å². The summed E-state index contributed by atoms with van der Waals surface area (Å²) >= 11 is 0. The topological polar surface area (TPSA) is 132 Å². The molecule has 0 aromatic rings. The first-order valence-corrected chi connectivity index (χ1v) is 1.10. The molecule has 0 spiro atoms. The van der Waals surface area contributed by atoms with Crippen LogP contribution in [0.15, 0.2) is 0 Å². The van der Waals surface area contributed by atoms with E-state index in [0.717, 1.165) is 0 Å². The molecule has 0 amide bonds. The van der Waals surface area contributed by atoms with Gasteiger partial charge in [-0.15, -0.1) is 0 Å². The molecule has 0 N–H and O–H groups in total. The van der Waals surface area contributed by atoms with Crippen LogP contribution >= 0.6 is 0 Å². The van der Waals surface area contributed by atoms with Crippen molar-refractivity contribution in [3.8, 4) is 0 Å². The molecule has 58 valence electrons. The van der Waals surface area contributed by atoms with Gasteiger partial charge in [-0.1, -0.05) is 0 Å². The first-order valence-electron chi connectivity index (χ1n) is 1.10. The van der Waals surface area contributed by atoms with Crippen LogP contribution in [-0.2, 0) is 16.5 Å². The van der Waals surface area contributed by atoms with E-state index in [4.69, 9.17) is 30.6 Å². The van der Waals surface area contributed by atoms with Crippen molar-refractivity contribution < 1.29 is 79.5 Å². The van der Waals surface area contributed by atoms with Gasteiger partial charge in [0.2, 0.25) is 0 Å². The summed E-state index contributed by atoms with van der Waals surface area (Å²) in [6, 6.07) is 0. The molecular formula is HKN2NiO6. The van der Waals surface area contributed by atoms with Gasteiger partial charge >= 0.3 is 67.9 Å². The molecule has 0 bridgehead atoms. The number of nitrogens with zero attached hydrogens (tertiary/aromatic N) is 2. The van der Waals surface area contributed by atoms with Gasteiger partial charge in [0.15, 0.2) is 0 Å². The largest absolute Gasteiger partial charge is 2.00 e. The molecular weight excluding hydrogens is 222 g/mol. The third kappa shape index (κ3) is 1720. The van der Waals surface area contributed by atoms with Crippen LogP contribution in [-0.4, -0.2) is 10.2 Å². The molecule has 0 aliphatic carbocycles. The monoisotopic (exact) mass is 222 g/mol. The van der Waals surface area contributed by atoms with Crippen molar-refractivity contribution in [2.24, 2.45) is 0 Å². The van der Waals surface area contributed by atoms with E-state index in [0.29, 0.717) is 0 Å². The van der Waals surface area contributed by atoms with Crippen LogP contribution in [0.3, 0.4) is 0 Å². The predicted octanol–water partition coefficient (Wildman–Crippen LogP) is -3.36. The zero-order valence-electron chi connectivity index (χ0n) is 5.66. The van der Waals surface area contributed by atoms with Crippen LogP contribution in [0.25, 0.3) is 0 Å². The minimum atomic E-state index is -1.75. The quantitative estimate of drug-likeness (QED) is 0.239.